The highest BCUT2D eigenvalue weighted by Crippen LogP contribution is 2.23. The van der Waals surface area contributed by atoms with Crippen molar-refractivity contribution < 1.29 is 23.9 Å². The number of hydrogen-bond donors (Lipinski definition) is 0. The molecule has 0 aromatic rings. The van der Waals surface area contributed by atoms with E-state index in [-0.39, 0.29) is 24.1 Å². The minimum absolute atomic E-state index is 0.0178. The number of unbranched alkanes of at least 4 members (excludes halogenated alkanes) is 30. The molecule has 0 aromatic heterocycles. The quantitative estimate of drug-likeness (QED) is 0.0446. The van der Waals surface area contributed by atoms with Gasteiger partial charge in [-0.3, -0.25) is 14.4 Å². The minimum atomic E-state index is 0.0178. The van der Waals surface area contributed by atoms with Crippen molar-refractivity contribution in [2.75, 3.05) is 27.2 Å². The zero-order valence-electron chi connectivity index (χ0n) is 47.8. The van der Waals surface area contributed by atoms with E-state index in [1.807, 2.05) is 0 Å². The van der Waals surface area contributed by atoms with Gasteiger partial charge in [0.05, 0.1) is 0 Å². The standard InChI is InChI=1S/C62H122N2O5/c1-8-13-18-23-32-40-50-58(48-38-21-16-11-4)68-61(66)53-43-34-27-25-30-36-46-57(64(56-45-55-63(6)7)60(65)52-42-29-20-15-10-3)47-37-31-26-28-35-44-54-62(67)69-59(49-39-22-17-12-5)51-41-33-24-19-14-9-2/h57-59H,8-56H2,1-7H3. The van der Waals surface area contributed by atoms with E-state index in [1.54, 1.807) is 0 Å². The fourth-order valence-electron chi connectivity index (χ4n) is 10.2. The van der Waals surface area contributed by atoms with E-state index in [1.165, 1.54) is 173 Å². The van der Waals surface area contributed by atoms with Gasteiger partial charge in [0.25, 0.3) is 0 Å². The van der Waals surface area contributed by atoms with Crippen molar-refractivity contribution in [1.82, 2.24) is 9.80 Å². The monoisotopic (exact) mass is 975 g/mol. The molecule has 410 valence electrons. The molecule has 0 radical (unpaired) electrons. The van der Waals surface area contributed by atoms with Crippen LogP contribution in [0.1, 0.15) is 336 Å². The third kappa shape index (κ3) is 45.9. The molecule has 0 rings (SSSR count). The topological polar surface area (TPSA) is 76.2 Å². The molecule has 69 heavy (non-hydrogen) atoms. The van der Waals surface area contributed by atoms with E-state index >= 15 is 0 Å². The first-order valence-electron chi connectivity index (χ1n) is 31.0. The highest BCUT2D eigenvalue weighted by Gasteiger charge is 2.23. The van der Waals surface area contributed by atoms with Crippen molar-refractivity contribution in [3.63, 3.8) is 0 Å². The van der Waals surface area contributed by atoms with Gasteiger partial charge < -0.3 is 19.3 Å². The van der Waals surface area contributed by atoms with Gasteiger partial charge in [-0.2, -0.15) is 0 Å². The fraction of sp³-hybridized carbons (Fsp3) is 0.952. The van der Waals surface area contributed by atoms with Crippen molar-refractivity contribution in [2.24, 2.45) is 0 Å². The van der Waals surface area contributed by atoms with Crippen LogP contribution in [0.25, 0.3) is 0 Å². The molecule has 2 atom stereocenters. The number of carbonyl (C=O) groups excluding carboxylic acids is 3. The normalized spacial score (nSPS) is 12.9. The number of amides is 1. The van der Waals surface area contributed by atoms with Gasteiger partial charge in [-0.05, 0) is 111 Å². The predicted molar refractivity (Wildman–Crippen MR) is 299 cm³/mol. The maximum Gasteiger partial charge on any atom is 0.306 e. The molecule has 0 spiro atoms. The van der Waals surface area contributed by atoms with Gasteiger partial charge in [0, 0.05) is 31.8 Å². The Morgan fingerprint density at radius 1 is 0.319 bits per heavy atom. The maximum atomic E-state index is 13.9. The second-order valence-corrected chi connectivity index (χ2v) is 21.9. The summed E-state index contributed by atoms with van der Waals surface area (Å²) in [6.45, 7) is 13.2. The van der Waals surface area contributed by atoms with Crippen LogP contribution in [-0.2, 0) is 23.9 Å². The molecular formula is C62H122N2O5. The maximum absolute atomic E-state index is 13.9. The Kier molecular flexibility index (Phi) is 51.4. The van der Waals surface area contributed by atoms with Crippen molar-refractivity contribution in [2.45, 2.75) is 355 Å². The lowest BCUT2D eigenvalue weighted by atomic mass is 9.97. The van der Waals surface area contributed by atoms with E-state index < -0.39 is 0 Å². The highest BCUT2D eigenvalue weighted by molar-refractivity contribution is 5.76. The molecule has 1 amide bonds. The summed E-state index contributed by atoms with van der Waals surface area (Å²) in [5.74, 6) is 0.410. The number of ether oxygens (including phenoxy) is 2. The number of carbonyl (C=O) groups is 3. The summed E-state index contributed by atoms with van der Waals surface area (Å²) in [4.78, 5) is 44.3. The Labute approximate surface area is 431 Å². The van der Waals surface area contributed by atoms with E-state index in [9.17, 15) is 14.4 Å². The fourth-order valence-corrected chi connectivity index (χ4v) is 10.2. The van der Waals surface area contributed by atoms with Crippen LogP contribution in [0.3, 0.4) is 0 Å². The number of esters is 2. The van der Waals surface area contributed by atoms with Crippen molar-refractivity contribution in [1.29, 1.82) is 0 Å². The highest BCUT2D eigenvalue weighted by atomic mass is 16.5. The van der Waals surface area contributed by atoms with E-state index in [2.05, 4.69) is 58.5 Å². The Balaban J connectivity index is 5.06. The molecule has 0 aromatic carbocycles. The first-order valence-corrected chi connectivity index (χ1v) is 31.0. The lowest BCUT2D eigenvalue weighted by Crippen LogP contribution is -2.41. The van der Waals surface area contributed by atoms with Crippen LogP contribution < -0.4 is 0 Å². The van der Waals surface area contributed by atoms with Crippen LogP contribution in [-0.4, -0.2) is 73.1 Å². The summed E-state index contributed by atoms with van der Waals surface area (Å²) in [5.41, 5.74) is 0. The summed E-state index contributed by atoms with van der Waals surface area (Å²) in [6, 6.07) is 0.317. The van der Waals surface area contributed by atoms with E-state index in [0.29, 0.717) is 31.2 Å². The summed E-state index contributed by atoms with van der Waals surface area (Å²) < 4.78 is 12.2. The Bertz CT molecular complexity index is 1040. The zero-order valence-corrected chi connectivity index (χ0v) is 47.8. The van der Waals surface area contributed by atoms with Crippen LogP contribution in [0.4, 0.5) is 0 Å². The third-order valence-electron chi connectivity index (χ3n) is 14.7. The summed E-state index contributed by atoms with van der Waals surface area (Å²) in [6.07, 6.45) is 53.8. The van der Waals surface area contributed by atoms with Crippen LogP contribution >= 0.6 is 0 Å². The van der Waals surface area contributed by atoms with Gasteiger partial charge in [0.2, 0.25) is 5.91 Å². The van der Waals surface area contributed by atoms with Gasteiger partial charge in [-0.25, -0.2) is 0 Å². The number of rotatable bonds is 55. The van der Waals surface area contributed by atoms with Crippen LogP contribution in [0, 0.1) is 0 Å². The second-order valence-electron chi connectivity index (χ2n) is 21.9. The molecule has 0 saturated heterocycles. The van der Waals surface area contributed by atoms with E-state index in [4.69, 9.17) is 9.47 Å². The summed E-state index contributed by atoms with van der Waals surface area (Å²) in [5, 5.41) is 0. The average molecular weight is 976 g/mol. The number of nitrogens with zero attached hydrogens (tertiary/aromatic N) is 2. The van der Waals surface area contributed by atoms with Crippen molar-refractivity contribution >= 4 is 17.8 Å². The molecule has 0 saturated carbocycles. The van der Waals surface area contributed by atoms with Crippen molar-refractivity contribution in [3.05, 3.63) is 0 Å². The molecule has 2 unspecified atom stereocenters. The first-order chi connectivity index (χ1) is 33.7. The van der Waals surface area contributed by atoms with Crippen LogP contribution in [0.15, 0.2) is 0 Å². The molecule has 0 aliphatic carbocycles. The van der Waals surface area contributed by atoms with Gasteiger partial charge in [-0.15, -0.1) is 0 Å². The first kappa shape index (κ1) is 67.4. The van der Waals surface area contributed by atoms with Crippen molar-refractivity contribution in [3.8, 4) is 0 Å². The SMILES string of the molecule is CCCCCCCCC(CCCCCC)OC(=O)CCCCCCCCC(CCCCCCCCC(=O)OC(CCCCCC)CCCCCCCC)N(CCCN(C)C)C(=O)CCCCCCC. The van der Waals surface area contributed by atoms with Gasteiger partial charge in [0.1, 0.15) is 12.2 Å². The number of hydrogen-bond acceptors (Lipinski definition) is 6. The molecule has 7 nitrogen and oxygen atoms in total. The summed E-state index contributed by atoms with van der Waals surface area (Å²) in [7, 11) is 4.27. The molecular weight excluding hydrogens is 853 g/mol. The van der Waals surface area contributed by atoms with Crippen LogP contribution in [0.5, 0.6) is 0 Å². The Hall–Kier alpha value is -1.63. The summed E-state index contributed by atoms with van der Waals surface area (Å²) >= 11 is 0. The van der Waals surface area contributed by atoms with Gasteiger partial charge in [-0.1, -0.05) is 227 Å². The molecule has 7 heteroatoms. The lowest BCUT2D eigenvalue weighted by Gasteiger charge is -2.33. The van der Waals surface area contributed by atoms with E-state index in [0.717, 1.165) is 122 Å². The lowest BCUT2D eigenvalue weighted by molar-refractivity contribution is -0.151. The Morgan fingerprint density at radius 2 is 0.594 bits per heavy atom. The predicted octanol–water partition coefficient (Wildman–Crippen LogP) is 19.0. The van der Waals surface area contributed by atoms with Gasteiger partial charge >= 0.3 is 11.9 Å². The molecule has 0 aliphatic rings. The second kappa shape index (κ2) is 52.7. The van der Waals surface area contributed by atoms with Crippen LogP contribution in [0.2, 0.25) is 0 Å². The Morgan fingerprint density at radius 3 is 0.928 bits per heavy atom. The van der Waals surface area contributed by atoms with Gasteiger partial charge in [0.15, 0.2) is 0 Å². The molecule has 0 bridgehead atoms. The average Bonchev–Trinajstić information content (AvgIpc) is 3.33. The third-order valence-corrected chi connectivity index (χ3v) is 14.7. The largest absolute Gasteiger partial charge is 0.462 e. The molecule has 0 aliphatic heterocycles. The zero-order chi connectivity index (χ0) is 50.7. The molecule has 0 N–H and O–H groups in total. The minimum Gasteiger partial charge on any atom is -0.462 e. The molecule has 0 heterocycles. The molecule has 0 fully saturated rings. The smallest absolute Gasteiger partial charge is 0.306 e.